The molecule has 8 nitrogen and oxygen atoms in total. The number of halogens is 2. The highest BCUT2D eigenvalue weighted by molar-refractivity contribution is 5.81. The van der Waals surface area contributed by atoms with Gasteiger partial charge in [0.2, 0.25) is 0 Å². The molecule has 0 radical (unpaired) electrons. The molecule has 2 aliphatic heterocycles. The summed E-state index contributed by atoms with van der Waals surface area (Å²) in [6, 6.07) is 6.63. The number of nitrogens with one attached hydrogen (secondary N) is 2. The summed E-state index contributed by atoms with van der Waals surface area (Å²) in [7, 11) is 1.35. The number of alkyl halides is 1. The van der Waals surface area contributed by atoms with Crippen LogP contribution in [0.15, 0.2) is 35.1 Å². The summed E-state index contributed by atoms with van der Waals surface area (Å²) in [5, 5.41) is 26.1. The lowest BCUT2D eigenvalue weighted by molar-refractivity contribution is 0.00866. The van der Waals surface area contributed by atoms with Crippen molar-refractivity contribution < 1.29 is 13.9 Å². The zero-order chi connectivity index (χ0) is 26.8. The van der Waals surface area contributed by atoms with E-state index < -0.39 is 29.3 Å². The van der Waals surface area contributed by atoms with Crippen LogP contribution in [0.25, 0.3) is 22.5 Å². The van der Waals surface area contributed by atoms with Crippen LogP contribution in [-0.2, 0) is 7.05 Å². The van der Waals surface area contributed by atoms with Crippen molar-refractivity contribution in [3.63, 3.8) is 0 Å². The molecule has 1 aliphatic carbocycles. The quantitative estimate of drug-likeness (QED) is 0.426. The molecule has 1 saturated carbocycles. The number of piperidine rings is 2. The van der Waals surface area contributed by atoms with Gasteiger partial charge in [-0.05, 0) is 87.8 Å². The van der Waals surface area contributed by atoms with E-state index in [4.69, 9.17) is 4.98 Å². The predicted molar refractivity (Wildman–Crippen MR) is 140 cm³/mol. The Balaban J connectivity index is 1.42. The number of aromatic hydroxyl groups is 1. The number of phenols is 1. The molecule has 2 bridgehead atoms. The number of phenolic OH excluding ortho intramolecular Hbond substituents is 1. The highest BCUT2D eigenvalue weighted by Gasteiger charge is 2.53. The van der Waals surface area contributed by atoms with Gasteiger partial charge in [0.25, 0.3) is 5.56 Å². The molecule has 0 unspecified atom stereocenters. The first-order valence-electron chi connectivity index (χ1n) is 13.2. The number of aromatic nitrogens is 4. The van der Waals surface area contributed by atoms with E-state index in [1.807, 2.05) is 6.92 Å². The maximum absolute atomic E-state index is 15.9. The molecule has 3 aliphatic rings. The molecule has 3 aromatic rings. The third kappa shape index (κ3) is 4.34. The fourth-order valence-corrected chi connectivity index (χ4v) is 6.26. The van der Waals surface area contributed by atoms with E-state index in [1.54, 1.807) is 6.07 Å². The number of benzene rings is 1. The average molecular weight is 523 g/mol. The van der Waals surface area contributed by atoms with Crippen LogP contribution in [-0.4, -0.2) is 48.1 Å². The van der Waals surface area contributed by atoms with Crippen LogP contribution in [0.1, 0.15) is 64.0 Å². The van der Waals surface area contributed by atoms with Crippen LogP contribution < -0.4 is 16.2 Å². The molecular weight excluding hydrogens is 490 g/mol. The van der Waals surface area contributed by atoms with Crippen molar-refractivity contribution in [2.45, 2.75) is 81.6 Å². The zero-order valence-corrected chi connectivity index (χ0v) is 21.8. The first-order valence-corrected chi connectivity index (χ1v) is 13.2. The summed E-state index contributed by atoms with van der Waals surface area (Å²) >= 11 is 0. The van der Waals surface area contributed by atoms with Crippen LogP contribution in [0.2, 0.25) is 0 Å². The molecular formula is C28H32F2N6O2. The molecule has 200 valence electrons. The van der Waals surface area contributed by atoms with Gasteiger partial charge in [-0.1, -0.05) is 0 Å². The van der Waals surface area contributed by atoms with Gasteiger partial charge in [0, 0.05) is 35.7 Å². The van der Waals surface area contributed by atoms with Gasteiger partial charge in [-0.3, -0.25) is 9.36 Å². The van der Waals surface area contributed by atoms with Crippen molar-refractivity contribution in [3.05, 3.63) is 52.3 Å². The molecule has 4 atom stereocenters. The van der Waals surface area contributed by atoms with Crippen molar-refractivity contribution in [2.75, 3.05) is 5.32 Å². The summed E-state index contributed by atoms with van der Waals surface area (Å²) in [6.07, 6.45) is 4.20. The van der Waals surface area contributed by atoms with E-state index in [0.717, 1.165) is 42.4 Å². The number of nitrogens with zero attached hydrogens (tertiary/aromatic N) is 4. The van der Waals surface area contributed by atoms with E-state index in [1.165, 1.54) is 31.3 Å². The van der Waals surface area contributed by atoms with Crippen molar-refractivity contribution in [2.24, 2.45) is 7.05 Å². The summed E-state index contributed by atoms with van der Waals surface area (Å²) in [5.41, 5.74) is 0.590. The predicted octanol–water partition coefficient (Wildman–Crippen LogP) is 4.44. The smallest absolute Gasteiger partial charge is 0.253 e. The fourth-order valence-electron chi connectivity index (χ4n) is 6.26. The molecule has 2 saturated heterocycles. The second-order valence-corrected chi connectivity index (χ2v) is 11.7. The molecule has 3 N–H and O–H groups in total. The molecule has 10 heteroatoms. The molecule has 2 aromatic heterocycles. The van der Waals surface area contributed by atoms with Gasteiger partial charge in [-0.2, -0.15) is 4.39 Å². The van der Waals surface area contributed by atoms with E-state index in [2.05, 4.69) is 27.8 Å². The number of anilines is 1. The fraction of sp³-hybridized carbons (Fsp3) is 0.500. The number of fused-ring (bicyclic) bond motifs is 2. The van der Waals surface area contributed by atoms with Crippen LogP contribution in [0, 0.1) is 5.95 Å². The van der Waals surface area contributed by atoms with Crippen LogP contribution in [0.4, 0.5) is 14.6 Å². The minimum Gasteiger partial charge on any atom is -0.508 e. The second-order valence-electron chi connectivity index (χ2n) is 11.7. The first kappa shape index (κ1) is 24.9. The molecule has 1 aromatic carbocycles. The number of hydrogen-bond donors (Lipinski definition) is 3. The lowest BCUT2D eigenvalue weighted by atomic mass is 9.68. The molecule has 38 heavy (non-hydrogen) atoms. The Kier molecular flexibility index (Phi) is 5.79. The average Bonchev–Trinajstić information content (AvgIpc) is 3.70. The lowest BCUT2D eigenvalue weighted by Crippen LogP contribution is -2.71. The number of pyridine rings is 1. The highest BCUT2D eigenvalue weighted by Crippen LogP contribution is 2.45. The number of hydrogen-bond acceptors (Lipinski definition) is 7. The van der Waals surface area contributed by atoms with Gasteiger partial charge in [0.05, 0.1) is 6.04 Å². The topological polar surface area (TPSA) is 105 Å². The molecule has 6 rings (SSSR count). The lowest BCUT2D eigenvalue weighted by Gasteiger charge is -2.55. The van der Waals surface area contributed by atoms with Crippen LogP contribution in [0.5, 0.6) is 5.75 Å². The van der Waals surface area contributed by atoms with Crippen molar-refractivity contribution in [1.82, 2.24) is 25.1 Å². The highest BCUT2D eigenvalue weighted by atomic mass is 19.1. The third-order valence-corrected chi connectivity index (χ3v) is 8.40. The molecule has 0 spiro atoms. The van der Waals surface area contributed by atoms with Crippen LogP contribution in [0.3, 0.4) is 0 Å². The monoisotopic (exact) mass is 522 g/mol. The maximum atomic E-state index is 15.9. The van der Waals surface area contributed by atoms with Gasteiger partial charge in [0.15, 0.2) is 17.6 Å². The SMILES string of the molecule is Cn1c(F)cc(-c2cc(O)ccc2-c2nnc(C3CC3)c(N[C@@H]3C[C@@]4(C)CCC[C@](C)(N4)[C@@H]3F)n2)cc1=O. The zero-order valence-electron chi connectivity index (χ0n) is 21.8. The minimum absolute atomic E-state index is 0.0475. The van der Waals surface area contributed by atoms with E-state index in [9.17, 15) is 14.3 Å². The Morgan fingerprint density at radius 2 is 1.92 bits per heavy atom. The maximum Gasteiger partial charge on any atom is 0.253 e. The summed E-state index contributed by atoms with van der Waals surface area (Å²) in [5.74, 6) is 0.220. The van der Waals surface area contributed by atoms with E-state index in [0.29, 0.717) is 23.4 Å². The molecule has 4 heterocycles. The second kappa shape index (κ2) is 8.83. The third-order valence-electron chi connectivity index (χ3n) is 8.40. The minimum atomic E-state index is -1.12. The summed E-state index contributed by atoms with van der Waals surface area (Å²) in [4.78, 5) is 17.1. The Morgan fingerprint density at radius 1 is 1.13 bits per heavy atom. The summed E-state index contributed by atoms with van der Waals surface area (Å²) < 4.78 is 31.2. The first-order chi connectivity index (χ1) is 18.1. The van der Waals surface area contributed by atoms with E-state index >= 15 is 4.39 Å². The van der Waals surface area contributed by atoms with E-state index in [-0.39, 0.29) is 28.6 Å². The Morgan fingerprint density at radius 3 is 2.66 bits per heavy atom. The largest absolute Gasteiger partial charge is 0.508 e. The summed E-state index contributed by atoms with van der Waals surface area (Å²) in [6.45, 7) is 4.11. The normalized spacial score (nSPS) is 28.8. The number of rotatable bonds is 5. The Hall–Kier alpha value is -3.40. The van der Waals surface area contributed by atoms with Crippen molar-refractivity contribution in [3.8, 4) is 28.3 Å². The standard InChI is InChI=1S/C28H32F2N6O2/c1-27-9-4-10-28(2,35-27)24(30)20(14-27)31-26-23(15-5-6-15)33-34-25(32-26)18-8-7-17(37)13-19(18)16-11-21(29)36(3)22(38)12-16/h7-8,11-13,15,20,24,35,37H,4-6,9-10,14H2,1-3H3,(H,31,32,34)/t20-,24-,27-,28+/m1/s1. The molecule has 3 fully saturated rings. The van der Waals surface area contributed by atoms with Crippen LogP contribution >= 0.6 is 0 Å². The van der Waals surface area contributed by atoms with Gasteiger partial charge < -0.3 is 15.7 Å². The van der Waals surface area contributed by atoms with Gasteiger partial charge in [0.1, 0.15) is 17.6 Å². The van der Waals surface area contributed by atoms with Gasteiger partial charge in [-0.25, -0.2) is 9.37 Å². The molecule has 0 amide bonds. The van der Waals surface area contributed by atoms with Gasteiger partial charge in [-0.15, -0.1) is 10.2 Å². The van der Waals surface area contributed by atoms with Gasteiger partial charge >= 0.3 is 0 Å². The van der Waals surface area contributed by atoms with Crippen molar-refractivity contribution in [1.29, 1.82) is 0 Å². The Labute approximate surface area is 219 Å². The Bertz CT molecular complexity index is 1470. The van der Waals surface area contributed by atoms with Crippen molar-refractivity contribution >= 4 is 5.82 Å².